The molecule has 1 rings (SSSR count). The first-order valence-electron chi connectivity index (χ1n) is 2.91. The van der Waals surface area contributed by atoms with Gasteiger partial charge in [-0.2, -0.15) is 0 Å². The second-order valence-electron chi connectivity index (χ2n) is 1.99. The molecular weight excluding hydrogens is 207 g/mol. The van der Waals surface area contributed by atoms with Crippen LogP contribution >= 0.6 is 25.2 Å². The van der Waals surface area contributed by atoms with E-state index in [0.29, 0.717) is 0 Å². The summed E-state index contributed by atoms with van der Waals surface area (Å²) < 4.78 is 1.11. The Morgan fingerprint density at radius 1 is 1.50 bits per heavy atom. The Bertz CT molecular complexity index is 255. The van der Waals surface area contributed by atoms with Crippen LogP contribution in [-0.2, 0) is 0 Å². The minimum atomic E-state index is 1.11. The molecule has 0 N–H and O–H groups in total. The molecule has 52 valence electrons. The number of hydrogen-bond donors (Lipinski definition) is 0. The lowest BCUT2D eigenvalue weighted by Gasteiger charge is -1.97. The minimum absolute atomic E-state index is 1.11. The summed E-state index contributed by atoms with van der Waals surface area (Å²) in [7, 11) is 2.65. The molecule has 0 fully saturated rings. The monoisotopic (exact) mass is 214 g/mol. The number of halogens is 1. The van der Waals surface area contributed by atoms with Gasteiger partial charge in [0.25, 0.3) is 0 Å². The van der Waals surface area contributed by atoms with E-state index in [9.17, 15) is 0 Å². The van der Waals surface area contributed by atoms with Gasteiger partial charge in [-0.1, -0.05) is 40.7 Å². The fourth-order valence-electron chi connectivity index (χ4n) is 0.670. The Hall–Kier alpha value is -0.130. The van der Waals surface area contributed by atoms with E-state index in [4.69, 9.17) is 0 Å². The molecule has 2 heteroatoms. The maximum absolute atomic E-state index is 3.67. The third-order valence-corrected chi connectivity index (χ3v) is 2.87. The van der Waals surface area contributed by atoms with E-state index < -0.39 is 0 Å². The lowest BCUT2D eigenvalue weighted by Crippen LogP contribution is -1.91. The predicted molar refractivity (Wildman–Crippen MR) is 53.6 cm³/mol. The quantitative estimate of drug-likeness (QED) is 0.631. The van der Waals surface area contributed by atoms with Crippen LogP contribution in [0.1, 0.15) is 5.56 Å². The van der Waals surface area contributed by atoms with Crippen molar-refractivity contribution in [1.29, 1.82) is 0 Å². The van der Waals surface area contributed by atoms with Gasteiger partial charge in [0.2, 0.25) is 0 Å². The van der Waals surface area contributed by atoms with E-state index in [1.807, 2.05) is 24.3 Å². The number of hydrogen-bond acceptors (Lipinski definition) is 0. The number of rotatable bonds is 1. The van der Waals surface area contributed by atoms with E-state index in [1.54, 1.807) is 0 Å². The first-order valence-corrected chi connectivity index (χ1v) is 4.28. The van der Waals surface area contributed by atoms with Gasteiger partial charge in [0.15, 0.2) is 0 Å². The summed E-state index contributed by atoms with van der Waals surface area (Å²) >= 11 is 3.42. The third kappa shape index (κ3) is 1.68. The van der Waals surface area contributed by atoms with Crippen molar-refractivity contribution in [2.75, 3.05) is 0 Å². The zero-order chi connectivity index (χ0) is 7.56. The molecule has 0 aliphatic rings. The summed E-state index contributed by atoms with van der Waals surface area (Å²) in [5.74, 6) is 0. The van der Waals surface area contributed by atoms with Gasteiger partial charge in [-0.25, -0.2) is 0 Å². The first-order chi connectivity index (χ1) is 4.74. The van der Waals surface area contributed by atoms with Crippen LogP contribution in [0.3, 0.4) is 0 Å². The van der Waals surface area contributed by atoms with E-state index in [0.717, 1.165) is 10.0 Å². The largest absolute Gasteiger partial charge is 0.104 e. The fourth-order valence-corrected chi connectivity index (χ4v) is 1.25. The lowest BCUT2D eigenvalue weighted by molar-refractivity contribution is 1.67. The highest BCUT2D eigenvalue weighted by molar-refractivity contribution is 9.10. The standard InChI is InChI=1S/C8H8BrP/c1-2-6-3-4-8(10)7(9)5-6/h2-5H,1,10H2. The Kier molecular flexibility index (Phi) is 2.64. The summed E-state index contributed by atoms with van der Waals surface area (Å²) in [4.78, 5) is 0. The average molecular weight is 215 g/mol. The third-order valence-electron chi connectivity index (χ3n) is 1.26. The molecule has 0 bridgehead atoms. The molecule has 0 radical (unpaired) electrons. The minimum Gasteiger partial charge on any atom is -0.104 e. The summed E-state index contributed by atoms with van der Waals surface area (Å²) in [6.45, 7) is 3.67. The van der Waals surface area contributed by atoms with Crippen molar-refractivity contribution in [2.24, 2.45) is 0 Å². The van der Waals surface area contributed by atoms with Crippen molar-refractivity contribution in [3.05, 3.63) is 34.8 Å². The van der Waals surface area contributed by atoms with Crippen molar-refractivity contribution >= 4 is 36.6 Å². The van der Waals surface area contributed by atoms with Crippen LogP contribution in [0.2, 0.25) is 0 Å². The normalized spacial score (nSPS) is 9.40. The molecule has 0 saturated heterocycles. The summed E-state index contributed by atoms with van der Waals surface area (Å²) in [6, 6.07) is 6.10. The van der Waals surface area contributed by atoms with Crippen LogP contribution in [-0.4, -0.2) is 0 Å². The highest BCUT2D eigenvalue weighted by Gasteiger charge is 1.92. The Morgan fingerprint density at radius 3 is 2.70 bits per heavy atom. The Labute approximate surface area is 71.7 Å². The zero-order valence-corrected chi connectivity index (χ0v) is 8.21. The molecule has 0 aliphatic heterocycles. The molecule has 1 unspecified atom stereocenters. The van der Waals surface area contributed by atoms with Gasteiger partial charge in [-0.3, -0.25) is 0 Å². The van der Waals surface area contributed by atoms with Crippen LogP contribution < -0.4 is 5.30 Å². The summed E-state index contributed by atoms with van der Waals surface area (Å²) in [5, 5.41) is 1.17. The van der Waals surface area contributed by atoms with E-state index in [1.165, 1.54) is 5.30 Å². The molecule has 1 aromatic rings. The van der Waals surface area contributed by atoms with E-state index in [2.05, 4.69) is 31.7 Å². The maximum Gasteiger partial charge on any atom is 0.0252 e. The van der Waals surface area contributed by atoms with Crippen LogP contribution in [0.25, 0.3) is 6.08 Å². The molecule has 0 aliphatic carbocycles. The lowest BCUT2D eigenvalue weighted by atomic mass is 10.2. The van der Waals surface area contributed by atoms with Gasteiger partial charge in [0, 0.05) is 4.47 Å². The molecule has 0 heterocycles. The van der Waals surface area contributed by atoms with Crippen LogP contribution in [0.4, 0.5) is 0 Å². The smallest absolute Gasteiger partial charge is 0.0252 e. The molecule has 1 atom stereocenters. The Morgan fingerprint density at radius 2 is 2.20 bits per heavy atom. The average Bonchev–Trinajstić information content (AvgIpc) is 1.95. The van der Waals surface area contributed by atoms with Gasteiger partial charge in [0.05, 0.1) is 0 Å². The van der Waals surface area contributed by atoms with E-state index >= 15 is 0 Å². The molecule has 10 heavy (non-hydrogen) atoms. The maximum atomic E-state index is 3.67. The molecule has 0 nitrogen and oxygen atoms in total. The molecule has 0 spiro atoms. The van der Waals surface area contributed by atoms with Crippen molar-refractivity contribution in [1.82, 2.24) is 0 Å². The van der Waals surface area contributed by atoms with Crippen molar-refractivity contribution in [3.8, 4) is 0 Å². The van der Waals surface area contributed by atoms with E-state index in [-0.39, 0.29) is 0 Å². The topological polar surface area (TPSA) is 0 Å². The van der Waals surface area contributed by atoms with Crippen molar-refractivity contribution in [3.63, 3.8) is 0 Å². The zero-order valence-electron chi connectivity index (χ0n) is 5.47. The second-order valence-corrected chi connectivity index (χ2v) is 3.46. The summed E-state index contributed by atoms with van der Waals surface area (Å²) in [6.07, 6.45) is 1.83. The Balaban J connectivity index is 3.16. The molecule has 0 saturated carbocycles. The molecule has 0 amide bonds. The van der Waals surface area contributed by atoms with Gasteiger partial charge in [-0.05, 0) is 16.9 Å². The number of benzene rings is 1. The molecule has 0 aromatic heterocycles. The fraction of sp³-hybridized carbons (Fsp3) is 0. The first kappa shape index (κ1) is 7.97. The van der Waals surface area contributed by atoms with Crippen LogP contribution in [0, 0.1) is 0 Å². The van der Waals surface area contributed by atoms with Crippen molar-refractivity contribution in [2.45, 2.75) is 0 Å². The predicted octanol–water partition coefficient (Wildman–Crippen LogP) is 2.59. The van der Waals surface area contributed by atoms with Gasteiger partial charge in [0.1, 0.15) is 0 Å². The highest BCUT2D eigenvalue weighted by atomic mass is 79.9. The molecular formula is C8H8BrP. The van der Waals surface area contributed by atoms with Gasteiger partial charge in [-0.15, -0.1) is 9.24 Å². The molecule has 1 aromatic carbocycles. The second kappa shape index (κ2) is 3.32. The van der Waals surface area contributed by atoms with Gasteiger partial charge >= 0.3 is 0 Å². The highest BCUT2D eigenvalue weighted by Crippen LogP contribution is 2.12. The van der Waals surface area contributed by atoms with Crippen LogP contribution in [0.5, 0.6) is 0 Å². The van der Waals surface area contributed by atoms with Crippen molar-refractivity contribution < 1.29 is 0 Å². The van der Waals surface area contributed by atoms with Crippen LogP contribution in [0.15, 0.2) is 29.3 Å². The SMILES string of the molecule is C=Cc1ccc(P)c(Br)c1. The summed E-state index contributed by atoms with van der Waals surface area (Å²) in [5.41, 5.74) is 1.14. The van der Waals surface area contributed by atoms with Gasteiger partial charge < -0.3 is 0 Å².